The van der Waals surface area contributed by atoms with E-state index in [4.69, 9.17) is 5.11 Å². The molecule has 1 aromatic carbocycles. The lowest BCUT2D eigenvalue weighted by molar-refractivity contribution is -0.147. The molecule has 7 heteroatoms. The van der Waals surface area contributed by atoms with Crippen molar-refractivity contribution >= 4 is 17.8 Å². The van der Waals surface area contributed by atoms with Gasteiger partial charge in [0, 0.05) is 20.1 Å². The molecular formula is C19H25FN2O4. The second kappa shape index (κ2) is 7.85. The minimum absolute atomic E-state index is 0.0683. The number of amides is 2. The number of likely N-dealkylation sites (N-methyl/N-ethyl adjacent to an activating group) is 1. The predicted octanol–water partition coefficient (Wildman–Crippen LogP) is 1.88. The highest BCUT2D eigenvalue weighted by atomic mass is 19.1. The van der Waals surface area contributed by atoms with Crippen molar-refractivity contribution in [2.45, 2.75) is 32.1 Å². The Morgan fingerprint density at radius 3 is 2.23 bits per heavy atom. The van der Waals surface area contributed by atoms with Crippen molar-refractivity contribution < 1.29 is 23.9 Å². The third-order valence-corrected chi connectivity index (χ3v) is 5.02. The minimum Gasteiger partial charge on any atom is -0.481 e. The Bertz CT molecular complexity index is 679. The van der Waals surface area contributed by atoms with Crippen molar-refractivity contribution in [2.75, 3.05) is 26.7 Å². The molecular weight excluding hydrogens is 339 g/mol. The van der Waals surface area contributed by atoms with Gasteiger partial charge in [0.15, 0.2) is 0 Å². The molecule has 0 saturated carbocycles. The van der Waals surface area contributed by atoms with Gasteiger partial charge in [0.05, 0.1) is 17.9 Å². The Balaban J connectivity index is 1.97. The molecule has 0 aliphatic carbocycles. The van der Waals surface area contributed by atoms with E-state index < -0.39 is 17.3 Å². The second-order valence-electron chi connectivity index (χ2n) is 7.29. The van der Waals surface area contributed by atoms with Crippen LogP contribution in [0.15, 0.2) is 24.3 Å². The topological polar surface area (TPSA) is 77.9 Å². The van der Waals surface area contributed by atoms with E-state index in [-0.39, 0.29) is 24.2 Å². The monoisotopic (exact) mass is 364 g/mol. The van der Waals surface area contributed by atoms with Gasteiger partial charge in [-0.25, -0.2) is 4.39 Å². The van der Waals surface area contributed by atoms with Crippen LogP contribution in [0.3, 0.4) is 0 Å². The molecule has 0 radical (unpaired) electrons. The minimum atomic E-state index is -0.890. The van der Waals surface area contributed by atoms with Crippen molar-refractivity contribution in [2.24, 2.45) is 5.92 Å². The molecule has 0 aromatic heterocycles. The van der Waals surface area contributed by atoms with Crippen LogP contribution in [-0.4, -0.2) is 59.4 Å². The quantitative estimate of drug-likeness (QED) is 0.865. The van der Waals surface area contributed by atoms with Crippen LogP contribution in [0.25, 0.3) is 0 Å². The number of carbonyl (C=O) groups is 3. The number of hydrogen-bond acceptors (Lipinski definition) is 3. The summed E-state index contributed by atoms with van der Waals surface area (Å²) >= 11 is 0. The first-order valence-electron chi connectivity index (χ1n) is 8.65. The Morgan fingerprint density at radius 1 is 1.19 bits per heavy atom. The fourth-order valence-electron chi connectivity index (χ4n) is 3.22. The van der Waals surface area contributed by atoms with Crippen LogP contribution in [0, 0.1) is 11.7 Å². The summed E-state index contributed by atoms with van der Waals surface area (Å²) in [5.74, 6) is -2.04. The van der Waals surface area contributed by atoms with Crippen molar-refractivity contribution in [3.05, 3.63) is 35.6 Å². The molecule has 2 amide bonds. The zero-order valence-corrected chi connectivity index (χ0v) is 15.4. The SMILES string of the molecule is CN(CC(=O)N1CCC(C(=O)O)CC1)C(=O)C(C)(C)c1ccc(F)cc1. The molecule has 142 valence electrons. The van der Waals surface area contributed by atoms with Crippen LogP contribution in [-0.2, 0) is 19.8 Å². The van der Waals surface area contributed by atoms with Crippen molar-refractivity contribution in [3.8, 4) is 0 Å². The maximum Gasteiger partial charge on any atom is 0.306 e. The third-order valence-electron chi connectivity index (χ3n) is 5.02. The van der Waals surface area contributed by atoms with E-state index in [9.17, 15) is 18.8 Å². The van der Waals surface area contributed by atoms with Crippen LogP contribution >= 0.6 is 0 Å². The van der Waals surface area contributed by atoms with Crippen LogP contribution in [0.1, 0.15) is 32.3 Å². The van der Waals surface area contributed by atoms with Crippen molar-refractivity contribution in [1.29, 1.82) is 0 Å². The second-order valence-corrected chi connectivity index (χ2v) is 7.29. The number of likely N-dealkylation sites (tertiary alicyclic amines) is 1. The lowest BCUT2D eigenvalue weighted by atomic mass is 9.83. The molecule has 0 spiro atoms. The Labute approximate surface area is 152 Å². The molecule has 1 aromatic rings. The standard InChI is InChI=1S/C19H25FN2O4/c1-19(2,14-4-6-15(20)7-5-14)18(26)21(3)12-16(23)22-10-8-13(9-11-22)17(24)25/h4-7,13H,8-12H2,1-3H3,(H,24,25). The Morgan fingerprint density at radius 2 is 1.73 bits per heavy atom. The molecule has 26 heavy (non-hydrogen) atoms. The fourth-order valence-corrected chi connectivity index (χ4v) is 3.22. The average Bonchev–Trinajstić information content (AvgIpc) is 2.61. The maximum atomic E-state index is 13.1. The first kappa shape index (κ1) is 19.9. The molecule has 0 unspecified atom stereocenters. The highest BCUT2D eigenvalue weighted by Crippen LogP contribution is 2.26. The first-order valence-corrected chi connectivity index (χ1v) is 8.65. The molecule has 1 fully saturated rings. The number of carbonyl (C=O) groups excluding carboxylic acids is 2. The fraction of sp³-hybridized carbons (Fsp3) is 0.526. The molecule has 1 saturated heterocycles. The Hall–Kier alpha value is -2.44. The van der Waals surface area contributed by atoms with Crippen LogP contribution < -0.4 is 0 Å². The summed E-state index contributed by atoms with van der Waals surface area (Å²) in [5.41, 5.74) is -0.218. The van der Waals surface area contributed by atoms with Crippen LogP contribution in [0.5, 0.6) is 0 Å². The zero-order chi connectivity index (χ0) is 19.5. The number of carboxylic acid groups (broad SMARTS) is 1. The molecule has 6 nitrogen and oxygen atoms in total. The first-order chi connectivity index (χ1) is 12.1. The predicted molar refractivity (Wildman–Crippen MR) is 94.0 cm³/mol. The van der Waals surface area contributed by atoms with Gasteiger partial charge in [-0.3, -0.25) is 14.4 Å². The molecule has 1 N–H and O–H groups in total. The van der Waals surface area contributed by atoms with Crippen LogP contribution in [0.4, 0.5) is 4.39 Å². The lowest BCUT2D eigenvalue weighted by Gasteiger charge is -2.33. The third kappa shape index (κ3) is 4.39. The molecule has 2 rings (SSSR count). The van der Waals surface area contributed by atoms with Gasteiger partial charge in [-0.1, -0.05) is 12.1 Å². The van der Waals surface area contributed by atoms with Crippen LogP contribution in [0.2, 0.25) is 0 Å². The number of piperidine rings is 1. The van der Waals surface area contributed by atoms with Gasteiger partial charge in [-0.2, -0.15) is 0 Å². The average molecular weight is 364 g/mol. The van der Waals surface area contributed by atoms with E-state index in [2.05, 4.69) is 0 Å². The highest BCUT2D eigenvalue weighted by molar-refractivity contribution is 5.91. The molecule has 1 aliphatic heterocycles. The number of hydrogen-bond donors (Lipinski definition) is 1. The van der Waals surface area contributed by atoms with Gasteiger partial charge >= 0.3 is 5.97 Å². The number of carboxylic acids is 1. The summed E-state index contributed by atoms with van der Waals surface area (Å²) in [4.78, 5) is 39.2. The molecule has 0 bridgehead atoms. The summed E-state index contributed by atoms with van der Waals surface area (Å²) in [6, 6.07) is 5.75. The maximum absolute atomic E-state index is 13.1. The van der Waals surface area contributed by atoms with Gasteiger partial charge in [0.1, 0.15) is 5.82 Å². The number of rotatable bonds is 5. The van der Waals surface area contributed by atoms with E-state index in [0.29, 0.717) is 31.5 Å². The summed E-state index contributed by atoms with van der Waals surface area (Å²) in [5, 5.41) is 9.02. The number of halogens is 1. The highest BCUT2D eigenvalue weighted by Gasteiger charge is 2.34. The molecule has 1 aliphatic rings. The largest absolute Gasteiger partial charge is 0.481 e. The van der Waals surface area contributed by atoms with Crippen molar-refractivity contribution in [1.82, 2.24) is 9.80 Å². The summed E-state index contributed by atoms with van der Waals surface area (Å²) in [6.07, 6.45) is 0.861. The summed E-state index contributed by atoms with van der Waals surface area (Å²) in [6.45, 7) is 4.18. The lowest BCUT2D eigenvalue weighted by Crippen LogP contribution is -2.48. The zero-order valence-electron chi connectivity index (χ0n) is 15.4. The summed E-state index contributed by atoms with van der Waals surface area (Å²) < 4.78 is 13.1. The van der Waals surface area contributed by atoms with Gasteiger partial charge in [-0.15, -0.1) is 0 Å². The van der Waals surface area contributed by atoms with E-state index in [1.807, 2.05) is 0 Å². The smallest absolute Gasteiger partial charge is 0.306 e. The van der Waals surface area contributed by atoms with Gasteiger partial charge in [0.2, 0.25) is 11.8 Å². The van der Waals surface area contributed by atoms with E-state index >= 15 is 0 Å². The van der Waals surface area contributed by atoms with Gasteiger partial charge < -0.3 is 14.9 Å². The molecule has 0 atom stereocenters. The van der Waals surface area contributed by atoms with E-state index in [1.54, 1.807) is 37.9 Å². The van der Waals surface area contributed by atoms with Gasteiger partial charge in [0.25, 0.3) is 0 Å². The Kier molecular flexibility index (Phi) is 6.00. The van der Waals surface area contributed by atoms with Crippen molar-refractivity contribution in [3.63, 3.8) is 0 Å². The van der Waals surface area contributed by atoms with E-state index in [0.717, 1.165) is 0 Å². The van der Waals surface area contributed by atoms with E-state index in [1.165, 1.54) is 17.0 Å². The molecule has 1 heterocycles. The summed E-state index contributed by atoms with van der Waals surface area (Å²) in [7, 11) is 1.56. The number of aliphatic carboxylic acids is 1. The number of nitrogens with zero attached hydrogens (tertiary/aromatic N) is 2. The number of benzene rings is 1. The van der Waals surface area contributed by atoms with Gasteiger partial charge in [-0.05, 0) is 44.4 Å². The normalized spacial score (nSPS) is 15.6.